The number of H-pyrrole nitrogens is 1. The summed E-state index contributed by atoms with van der Waals surface area (Å²) < 4.78 is 15.5. The van der Waals surface area contributed by atoms with Crippen molar-refractivity contribution >= 4 is 0 Å². The van der Waals surface area contributed by atoms with E-state index in [2.05, 4.69) is 14.7 Å². The van der Waals surface area contributed by atoms with Crippen molar-refractivity contribution < 1.29 is 14.0 Å². The van der Waals surface area contributed by atoms with Crippen molar-refractivity contribution in [2.75, 3.05) is 19.8 Å². The standard InChI is InChI=1S/C9H14N2O4/c1-2-14-9(3-5-13-6-4-9)7-10-8(12)15-11-7/h2-6H2,1H3,(H,10,11,12). The van der Waals surface area contributed by atoms with Crippen LogP contribution < -0.4 is 5.76 Å². The van der Waals surface area contributed by atoms with Gasteiger partial charge >= 0.3 is 5.76 Å². The average Bonchev–Trinajstić information content (AvgIpc) is 2.67. The summed E-state index contributed by atoms with van der Waals surface area (Å²) in [7, 11) is 0. The van der Waals surface area contributed by atoms with Gasteiger partial charge in [-0.25, -0.2) is 4.79 Å². The van der Waals surface area contributed by atoms with Gasteiger partial charge in [0, 0.05) is 32.7 Å². The predicted molar refractivity (Wildman–Crippen MR) is 50.5 cm³/mol. The van der Waals surface area contributed by atoms with Crippen LogP contribution in [0.5, 0.6) is 0 Å². The summed E-state index contributed by atoms with van der Waals surface area (Å²) in [4.78, 5) is 13.5. The minimum atomic E-state index is -0.546. The summed E-state index contributed by atoms with van der Waals surface area (Å²) in [5.41, 5.74) is -0.542. The SMILES string of the molecule is CCOC1(c2noc(=O)[nH]2)CCOCC1. The zero-order chi connectivity index (χ0) is 10.7. The molecule has 0 saturated carbocycles. The molecule has 6 heteroatoms. The van der Waals surface area contributed by atoms with Gasteiger partial charge in [-0.2, -0.15) is 0 Å². The number of aromatic nitrogens is 2. The summed E-state index contributed by atoms with van der Waals surface area (Å²) in [6.07, 6.45) is 1.37. The maximum absolute atomic E-state index is 10.9. The molecule has 0 radical (unpaired) electrons. The third-order valence-corrected chi connectivity index (χ3v) is 2.59. The number of hydrogen-bond donors (Lipinski definition) is 1. The van der Waals surface area contributed by atoms with E-state index >= 15 is 0 Å². The Morgan fingerprint density at radius 2 is 2.27 bits per heavy atom. The maximum atomic E-state index is 10.9. The Morgan fingerprint density at radius 1 is 1.53 bits per heavy atom. The van der Waals surface area contributed by atoms with Crippen molar-refractivity contribution in [3.63, 3.8) is 0 Å². The Hall–Kier alpha value is -1.14. The van der Waals surface area contributed by atoms with Gasteiger partial charge in [-0.1, -0.05) is 5.16 Å². The molecule has 1 aliphatic heterocycles. The Bertz CT molecular complexity index is 359. The van der Waals surface area contributed by atoms with Crippen molar-refractivity contribution in [2.45, 2.75) is 25.4 Å². The lowest BCUT2D eigenvalue weighted by Gasteiger charge is -2.34. The van der Waals surface area contributed by atoms with Crippen LogP contribution in [0.2, 0.25) is 0 Å². The van der Waals surface area contributed by atoms with Crippen LogP contribution in [0, 0.1) is 0 Å². The zero-order valence-electron chi connectivity index (χ0n) is 8.62. The molecule has 1 saturated heterocycles. The highest BCUT2D eigenvalue weighted by Crippen LogP contribution is 2.33. The summed E-state index contributed by atoms with van der Waals surface area (Å²) in [6.45, 7) is 3.69. The van der Waals surface area contributed by atoms with E-state index in [1.54, 1.807) is 0 Å². The highest BCUT2D eigenvalue weighted by molar-refractivity contribution is 5.00. The largest absolute Gasteiger partial charge is 0.439 e. The first-order valence-electron chi connectivity index (χ1n) is 5.05. The average molecular weight is 214 g/mol. The zero-order valence-corrected chi connectivity index (χ0v) is 8.62. The molecule has 0 aliphatic carbocycles. The topological polar surface area (TPSA) is 77.4 Å². The van der Waals surface area contributed by atoms with E-state index in [1.807, 2.05) is 6.92 Å². The van der Waals surface area contributed by atoms with E-state index in [1.165, 1.54) is 0 Å². The van der Waals surface area contributed by atoms with Gasteiger partial charge in [-0.3, -0.25) is 9.51 Å². The van der Waals surface area contributed by atoms with E-state index in [9.17, 15) is 4.79 Å². The van der Waals surface area contributed by atoms with Crippen molar-refractivity contribution in [1.29, 1.82) is 0 Å². The molecule has 0 aromatic carbocycles. The maximum Gasteiger partial charge on any atom is 0.439 e. The number of aromatic amines is 1. The number of hydrogen-bond acceptors (Lipinski definition) is 5. The van der Waals surface area contributed by atoms with E-state index < -0.39 is 11.4 Å². The molecule has 84 valence electrons. The fourth-order valence-electron chi connectivity index (χ4n) is 1.85. The van der Waals surface area contributed by atoms with Crippen LogP contribution >= 0.6 is 0 Å². The first-order valence-corrected chi connectivity index (χ1v) is 5.05. The summed E-state index contributed by atoms with van der Waals surface area (Å²) in [6, 6.07) is 0. The molecule has 1 aromatic rings. The smallest absolute Gasteiger partial charge is 0.381 e. The van der Waals surface area contributed by atoms with Gasteiger partial charge in [0.05, 0.1) is 0 Å². The molecule has 15 heavy (non-hydrogen) atoms. The van der Waals surface area contributed by atoms with Crippen LogP contribution in [0.15, 0.2) is 9.32 Å². The third kappa shape index (κ3) is 1.95. The summed E-state index contributed by atoms with van der Waals surface area (Å²) >= 11 is 0. The van der Waals surface area contributed by atoms with Gasteiger partial charge in [0.1, 0.15) is 5.60 Å². The predicted octanol–water partition coefficient (Wildman–Crippen LogP) is 0.405. The Labute approximate surface area is 86.6 Å². The molecule has 1 fully saturated rings. The summed E-state index contributed by atoms with van der Waals surface area (Å²) in [5.74, 6) is -0.0757. The minimum absolute atomic E-state index is 0.470. The normalized spacial score (nSPS) is 20.3. The fourth-order valence-corrected chi connectivity index (χ4v) is 1.85. The molecule has 1 aliphatic rings. The molecule has 6 nitrogen and oxygen atoms in total. The fraction of sp³-hybridized carbons (Fsp3) is 0.778. The first-order chi connectivity index (χ1) is 7.27. The van der Waals surface area contributed by atoms with Gasteiger partial charge in [0.25, 0.3) is 0 Å². The number of ether oxygens (including phenoxy) is 2. The second-order valence-electron chi connectivity index (χ2n) is 3.48. The highest BCUT2D eigenvalue weighted by atomic mass is 16.5. The van der Waals surface area contributed by atoms with Crippen LogP contribution in [0.3, 0.4) is 0 Å². The minimum Gasteiger partial charge on any atom is -0.381 e. The van der Waals surface area contributed by atoms with Gasteiger partial charge < -0.3 is 9.47 Å². The first kappa shape index (κ1) is 10.4. The lowest BCUT2D eigenvalue weighted by Crippen LogP contribution is -2.38. The molecule has 0 atom stereocenters. The van der Waals surface area contributed by atoms with Crippen molar-refractivity contribution in [2.24, 2.45) is 0 Å². The van der Waals surface area contributed by atoms with Crippen LogP contribution in [0.4, 0.5) is 0 Å². The molecule has 1 N–H and O–H groups in total. The molecular formula is C9H14N2O4. The molecule has 0 unspecified atom stereocenters. The Balaban J connectivity index is 2.28. The lowest BCUT2D eigenvalue weighted by atomic mass is 9.93. The number of nitrogens with zero attached hydrogens (tertiary/aromatic N) is 1. The van der Waals surface area contributed by atoms with Crippen molar-refractivity contribution in [1.82, 2.24) is 10.1 Å². The number of nitrogens with one attached hydrogen (secondary N) is 1. The molecule has 0 bridgehead atoms. The van der Waals surface area contributed by atoms with Gasteiger partial charge in [0.15, 0.2) is 5.82 Å². The molecule has 2 rings (SSSR count). The second kappa shape index (κ2) is 4.16. The Kier molecular flexibility index (Phi) is 2.88. The molecular weight excluding hydrogens is 200 g/mol. The lowest BCUT2D eigenvalue weighted by molar-refractivity contribution is -0.118. The molecule has 0 spiro atoms. The quantitative estimate of drug-likeness (QED) is 0.788. The van der Waals surface area contributed by atoms with E-state index in [-0.39, 0.29) is 0 Å². The number of rotatable bonds is 3. The van der Waals surface area contributed by atoms with Crippen LogP contribution in [-0.2, 0) is 15.1 Å². The van der Waals surface area contributed by atoms with Gasteiger partial charge in [-0.05, 0) is 6.92 Å². The molecule has 0 amide bonds. The van der Waals surface area contributed by atoms with Gasteiger partial charge in [0.2, 0.25) is 0 Å². The third-order valence-electron chi connectivity index (χ3n) is 2.59. The van der Waals surface area contributed by atoms with Crippen LogP contribution in [-0.4, -0.2) is 30.0 Å². The molecule has 2 heterocycles. The summed E-state index contributed by atoms with van der Waals surface area (Å²) in [5, 5.41) is 3.71. The van der Waals surface area contributed by atoms with Gasteiger partial charge in [-0.15, -0.1) is 0 Å². The van der Waals surface area contributed by atoms with E-state index in [0.717, 1.165) is 0 Å². The van der Waals surface area contributed by atoms with Crippen molar-refractivity contribution in [3.05, 3.63) is 16.4 Å². The second-order valence-corrected chi connectivity index (χ2v) is 3.48. The van der Waals surface area contributed by atoms with Crippen LogP contribution in [0.1, 0.15) is 25.6 Å². The highest BCUT2D eigenvalue weighted by Gasteiger charge is 2.38. The monoisotopic (exact) mass is 214 g/mol. The van der Waals surface area contributed by atoms with E-state index in [0.29, 0.717) is 38.5 Å². The Morgan fingerprint density at radius 3 is 2.80 bits per heavy atom. The van der Waals surface area contributed by atoms with Crippen molar-refractivity contribution in [3.8, 4) is 0 Å². The van der Waals surface area contributed by atoms with E-state index in [4.69, 9.17) is 9.47 Å². The molecule has 1 aromatic heterocycles. The van der Waals surface area contributed by atoms with Crippen LogP contribution in [0.25, 0.3) is 0 Å².